The van der Waals surface area contributed by atoms with Crippen molar-refractivity contribution < 1.29 is 4.79 Å². The van der Waals surface area contributed by atoms with E-state index in [9.17, 15) is 4.79 Å². The number of nitrogens with zero attached hydrogens (tertiary/aromatic N) is 4. The maximum Gasteiger partial charge on any atom is 0.178 e. The summed E-state index contributed by atoms with van der Waals surface area (Å²) in [6.07, 6.45) is 9.11. The van der Waals surface area contributed by atoms with E-state index in [4.69, 9.17) is 0 Å². The smallest absolute Gasteiger partial charge is 0.178 e. The summed E-state index contributed by atoms with van der Waals surface area (Å²) in [5.74, 6) is -0.161. The summed E-state index contributed by atoms with van der Waals surface area (Å²) in [6, 6.07) is 0. The first-order valence-electron chi connectivity index (χ1n) is 4.47. The molecule has 0 fully saturated rings. The molecule has 0 saturated heterocycles. The van der Waals surface area contributed by atoms with Gasteiger partial charge in [0.2, 0.25) is 0 Å². The fourth-order valence-corrected chi connectivity index (χ4v) is 0.974. The normalized spacial score (nSPS) is 11.5. The van der Waals surface area contributed by atoms with Crippen LogP contribution in [0.5, 0.6) is 0 Å². The Morgan fingerprint density at radius 1 is 1.00 bits per heavy atom. The molecule has 0 saturated carbocycles. The minimum Gasteiger partial charge on any atom is -0.290 e. The molecule has 0 spiro atoms. The molecule has 2 aromatic heterocycles. The van der Waals surface area contributed by atoms with Crippen molar-refractivity contribution in [1.29, 1.82) is 0 Å². The van der Waals surface area contributed by atoms with Gasteiger partial charge in [-0.15, -0.1) is 10.2 Å². The molecule has 2 N–H and O–H groups in total. The second-order valence-electron chi connectivity index (χ2n) is 2.87. The Labute approximate surface area is 90.3 Å². The number of carbonyl (C=O) groups excluding carboxylic acids is 1. The zero-order chi connectivity index (χ0) is 11.2. The first-order chi connectivity index (χ1) is 7.84. The quantitative estimate of drug-likeness (QED) is 0.712. The standard InChI is InChI=1S/C9H8N6O/c16-9(3-1-7-5-10-14-12-7)4-2-8-6-11-15-13-8/h1-6H,(H,10,12,14)(H,11,13,15). The van der Waals surface area contributed by atoms with E-state index in [0.29, 0.717) is 11.4 Å². The molecule has 7 nitrogen and oxygen atoms in total. The molecule has 2 aromatic rings. The van der Waals surface area contributed by atoms with E-state index in [0.717, 1.165) is 0 Å². The number of aromatic nitrogens is 6. The zero-order valence-corrected chi connectivity index (χ0v) is 8.16. The van der Waals surface area contributed by atoms with Crippen molar-refractivity contribution >= 4 is 17.9 Å². The van der Waals surface area contributed by atoms with Gasteiger partial charge in [0, 0.05) is 12.4 Å². The number of aromatic amines is 2. The van der Waals surface area contributed by atoms with E-state index in [1.54, 1.807) is 24.5 Å². The van der Waals surface area contributed by atoms with Crippen LogP contribution in [0.2, 0.25) is 0 Å². The first kappa shape index (κ1) is 9.97. The van der Waals surface area contributed by atoms with Gasteiger partial charge < -0.3 is 0 Å². The Balaban J connectivity index is 1.94. The Morgan fingerprint density at radius 2 is 1.50 bits per heavy atom. The number of hydrogen-bond acceptors (Lipinski definition) is 5. The maximum atomic E-state index is 11.3. The summed E-state index contributed by atoms with van der Waals surface area (Å²) in [7, 11) is 0. The van der Waals surface area contributed by atoms with Gasteiger partial charge in [0.15, 0.2) is 5.78 Å². The van der Waals surface area contributed by atoms with Crippen LogP contribution in [-0.2, 0) is 4.79 Å². The lowest BCUT2D eigenvalue weighted by Crippen LogP contribution is -1.85. The number of hydrogen-bond donors (Lipinski definition) is 2. The fraction of sp³-hybridized carbons (Fsp3) is 0. The van der Waals surface area contributed by atoms with Crippen LogP contribution < -0.4 is 0 Å². The van der Waals surface area contributed by atoms with Gasteiger partial charge in [-0.1, -0.05) is 10.4 Å². The largest absolute Gasteiger partial charge is 0.290 e. The molecule has 80 valence electrons. The number of ketones is 1. The highest BCUT2D eigenvalue weighted by molar-refractivity contribution is 6.04. The van der Waals surface area contributed by atoms with Crippen LogP contribution in [0.4, 0.5) is 0 Å². The lowest BCUT2D eigenvalue weighted by Gasteiger charge is -1.82. The number of rotatable bonds is 4. The van der Waals surface area contributed by atoms with Crippen LogP contribution in [0.25, 0.3) is 12.2 Å². The van der Waals surface area contributed by atoms with Crippen molar-refractivity contribution in [3.8, 4) is 0 Å². The van der Waals surface area contributed by atoms with Crippen molar-refractivity contribution in [2.24, 2.45) is 0 Å². The average Bonchev–Trinajstić information content (AvgIpc) is 2.96. The molecule has 0 aliphatic heterocycles. The molecule has 0 atom stereocenters. The van der Waals surface area contributed by atoms with Crippen LogP contribution in [0, 0.1) is 0 Å². The average molecular weight is 216 g/mol. The Kier molecular flexibility index (Phi) is 2.98. The minimum absolute atomic E-state index is 0.161. The molecule has 0 radical (unpaired) electrons. The van der Waals surface area contributed by atoms with E-state index in [-0.39, 0.29) is 5.78 Å². The Morgan fingerprint density at radius 3 is 1.88 bits per heavy atom. The SMILES string of the molecule is O=C(C=Cc1c[nH]nn1)C=Cc1c[nH]nn1. The first-order valence-corrected chi connectivity index (χ1v) is 4.47. The van der Waals surface area contributed by atoms with E-state index in [1.807, 2.05) is 0 Å². The summed E-state index contributed by atoms with van der Waals surface area (Å²) in [5, 5.41) is 19.5. The molecular formula is C9H8N6O. The van der Waals surface area contributed by atoms with Gasteiger partial charge in [0.1, 0.15) is 11.4 Å². The van der Waals surface area contributed by atoms with Crippen LogP contribution in [0.1, 0.15) is 11.4 Å². The molecule has 7 heteroatoms. The van der Waals surface area contributed by atoms with Crippen molar-refractivity contribution in [3.63, 3.8) is 0 Å². The van der Waals surface area contributed by atoms with E-state index in [2.05, 4.69) is 30.8 Å². The lowest BCUT2D eigenvalue weighted by atomic mass is 10.3. The van der Waals surface area contributed by atoms with Gasteiger partial charge in [-0.3, -0.25) is 15.0 Å². The predicted octanol–water partition coefficient (Wildman–Crippen LogP) is 0.218. The molecule has 0 aliphatic carbocycles. The molecule has 0 aromatic carbocycles. The summed E-state index contributed by atoms with van der Waals surface area (Å²) >= 11 is 0. The van der Waals surface area contributed by atoms with E-state index >= 15 is 0 Å². The van der Waals surface area contributed by atoms with Crippen LogP contribution in [0.15, 0.2) is 24.5 Å². The second-order valence-corrected chi connectivity index (χ2v) is 2.87. The van der Waals surface area contributed by atoms with Gasteiger partial charge in [-0.05, 0) is 24.3 Å². The van der Waals surface area contributed by atoms with Gasteiger partial charge in [-0.2, -0.15) is 0 Å². The highest BCUT2D eigenvalue weighted by Crippen LogP contribution is 1.96. The van der Waals surface area contributed by atoms with Gasteiger partial charge in [-0.25, -0.2) is 0 Å². The van der Waals surface area contributed by atoms with E-state index < -0.39 is 0 Å². The van der Waals surface area contributed by atoms with Crippen molar-refractivity contribution in [3.05, 3.63) is 35.9 Å². The summed E-state index contributed by atoms with van der Waals surface area (Å²) in [5.41, 5.74) is 1.20. The molecular weight excluding hydrogens is 208 g/mol. The number of allylic oxidation sites excluding steroid dienone is 2. The highest BCUT2D eigenvalue weighted by Gasteiger charge is 1.93. The summed E-state index contributed by atoms with van der Waals surface area (Å²) in [4.78, 5) is 11.3. The third-order valence-corrected chi connectivity index (χ3v) is 1.71. The lowest BCUT2D eigenvalue weighted by molar-refractivity contribution is -0.110. The highest BCUT2D eigenvalue weighted by atomic mass is 16.1. The monoisotopic (exact) mass is 216 g/mol. The number of carbonyl (C=O) groups is 1. The Hall–Kier alpha value is -2.57. The minimum atomic E-state index is -0.161. The predicted molar refractivity (Wildman–Crippen MR) is 55.8 cm³/mol. The third-order valence-electron chi connectivity index (χ3n) is 1.71. The maximum absolute atomic E-state index is 11.3. The zero-order valence-electron chi connectivity index (χ0n) is 8.16. The van der Waals surface area contributed by atoms with Crippen molar-refractivity contribution in [2.75, 3.05) is 0 Å². The molecule has 0 unspecified atom stereocenters. The molecule has 2 rings (SSSR count). The van der Waals surface area contributed by atoms with Crippen molar-refractivity contribution in [2.45, 2.75) is 0 Å². The molecule has 0 bridgehead atoms. The third kappa shape index (κ3) is 2.71. The number of H-pyrrole nitrogens is 2. The van der Waals surface area contributed by atoms with Crippen molar-refractivity contribution in [1.82, 2.24) is 30.8 Å². The van der Waals surface area contributed by atoms with Gasteiger partial charge >= 0.3 is 0 Å². The Bertz CT molecular complexity index is 450. The fourth-order valence-electron chi connectivity index (χ4n) is 0.974. The second kappa shape index (κ2) is 4.78. The van der Waals surface area contributed by atoms with Crippen LogP contribution >= 0.6 is 0 Å². The number of nitrogens with one attached hydrogen (secondary N) is 2. The molecule has 0 aliphatic rings. The summed E-state index contributed by atoms with van der Waals surface area (Å²) < 4.78 is 0. The topological polar surface area (TPSA) is 100 Å². The van der Waals surface area contributed by atoms with Crippen LogP contribution in [0.3, 0.4) is 0 Å². The molecule has 2 heterocycles. The molecule has 16 heavy (non-hydrogen) atoms. The molecule has 0 amide bonds. The summed E-state index contributed by atoms with van der Waals surface area (Å²) in [6.45, 7) is 0. The van der Waals surface area contributed by atoms with Gasteiger partial charge in [0.05, 0.1) is 0 Å². The van der Waals surface area contributed by atoms with Gasteiger partial charge in [0.25, 0.3) is 0 Å². The van der Waals surface area contributed by atoms with Crippen LogP contribution in [-0.4, -0.2) is 36.6 Å². The van der Waals surface area contributed by atoms with E-state index in [1.165, 1.54) is 12.2 Å².